The molecule has 0 bridgehead atoms. The second-order valence-corrected chi connectivity index (χ2v) is 9.12. The van der Waals surface area contributed by atoms with Crippen LogP contribution in [0.2, 0.25) is 0 Å². The van der Waals surface area contributed by atoms with Crippen LogP contribution in [0.25, 0.3) is 0 Å². The summed E-state index contributed by atoms with van der Waals surface area (Å²) in [5, 5.41) is 9.82. The van der Waals surface area contributed by atoms with Crippen molar-refractivity contribution in [1.29, 1.82) is 0 Å². The summed E-state index contributed by atoms with van der Waals surface area (Å²) >= 11 is 0. The molecule has 2 atom stereocenters. The lowest BCUT2D eigenvalue weighted by atomic mass is 9.80. The number of nitrogens with zero attached hydrogens (tertiary/aromatic N) is 2. The van der Waals surface area contributed by atoms with Crippen LogP contribution < -0.4 is 0 Å². The van der Waals surface area contributed by atoms with Crippen LogP contribution in [0.15, 0.2) is 12.2 Å². The third-order valence-electron chi connectivity index (χ3n) is 6.39. The Hall–Kier alpha value is -1.36. The van der Waals surface area contributed by atoms with Crippen LogP contribution in [0.4, 0.5) is 0 Å². The molecule has 0 radical (unpaired) electrons. The predicted molar refractivity (Wildman–Crippen MR) is 96.4 cm³/mol. The van der Waals surface area contributed by atoms with Crippen molar-refractivity contribution >= 4 is 11.8 Å². The summed E-state index contributed by atoms with van der Waals surface area (Å²) in [4.78, 5) is 28.2. The Morgan fingerprint density at radius 2 is 1.88 bits per heavy atom. The van der Waals surface area contributed by atoms with Crippen LogP contribution in [-0.2, 0) is 9.59 Å². The van der Waals surface area contributed by atoms with Crippen molar-refractivity contribution in [2.45, 2.75) is 59.1 Å². The maximum atomic E-state index is 12.8. The first-order valence-electron chi connectivity index (χ1n) is 9.71. The molecule has 1 aliphatic carbocycles. The van der Waals surface area contributed by atoms with Gasteiger partial charge in [-0.15, -0.1) is 0 Å². The van der Waals surface area contributed by atoms with E-state index in [1.165, 1.54) is 17.1 Å². The van der Waals surface area contributed by atoms with Gasteiger partial charge in [0, 0.05) is 31.6 Å². The zero-order valence-electron chi connectivity index (χ0n) is 15.8. The highest BCUT2D eigenvalue weighted by Gasteiger charge is 2.37. The van der Waals surface area contributed by atoms with Crippen LogP contribution in [0.3, 0.4) is 0 Å². The van der Waals surface area contributed by atoms with E-state index in [1.54, 1.807) is 0 Å². The molecule has 2 unspecified atom stereocenters. The molecular weight excluding hydrogens is 316 g/mol. The van der Waals surface area contributed by atoms with Gasteiger partial charge < -0.3 is 14.9 Å². The molecule has 0 aromatic rings. The summed E-state index contributed by atoms with van der Waals surface area (Å²) in [5.74, 6) is 1.37. The lowest BCUT2D eigenvalue weighted by Gasteiger charge is -2.33. The molecule has 2 fully saturated rings. The fourth-order valence-electron chi connectivity index (χ4n) is 4.49. The summed E-state index contributed by atoms with van der Waals surface area (Å²) in [6, 6.07) is 0. The van der Waals surface area contributed by atoms with E-state index in [-0.39, 0.29) is 17.2 Å². The van der Waals surface area contributed by atoms with Crippen molar-refractivity contribution in [3.63, 3.8) is 0 Å². The maximum absolute atomic E-state index is 12.8. The number of likely N-dealkylation sites (tertiary alicyclic amines) is 1. The molecule has 140 valence electrons. The van der Waals surface area contributed by atoms with Gasteiger partial charge in [0.2, 0.25) is 11.8 Å². The van der Waals surface area contributed by atoms with Gasteiger partial charge in [0.25, 0.3) is 0 Å². The van der Waals surface area contributed by atoms with Gasteiger partial charge in [-0.2, -0.15) is 0 Å². The van der Waals surface area contributed by atoms with Crippen LogP contribution in [0.1, 0.15) is 52.9 Å². The quantitative estimate of drug-likeness (QED) is 0.852. The zero-order chi connectivity index (χ0) is 18.2. The monoisotopic (exact) mass is 348 g/mol. The number of aliphatic hydroxyl groups excluding tert-OH is 1. The number of hydrogen-bond acceptors (Lipinski definition) is 3. The first-order chi connectivity index (χ1) is 11.8. The Bertz CT molecular complexity index is 544. The van der Waals surface area contributed by atoms with E-state index >= 15 is 0 Å². The molecule has 3 aliphatic rings. The Kier molecular flexibility index (Phi) is 5.24. The fraction of sp³-hybridized carbons (Fsp3) is 0.800. The average Bonchev–Trinajstić information content (AvgIpc) is 3.17. The maximum Gasteiger partial charge on any atom is 0.248 e. The Morgan fingerprint density at radius 1 is 1.20 bits per heavy atom. The van der Waals surface area contributed by atoms with E-state index in [2.05, 4.69) is 25.7 Å². The molecule has 0 spiro atoms. The van der Waals surface area contributed by atoms with Gasteiger partial charge in [0.05, 0.1) is 0 Å². The highest BCUT2D eigenvalue weighted by molar-refractivity contribution is 5.90. The first-order valence-corrected chi connectivity index (χ1v) is 9.71. The molecule has 1 saturated heterocycles. The van der Waals surface area contributed by atoms with Crippen LogP contribution in [-0.4, -0.2) is 52.6 Å². The highest BCUT2D eigenvalue weighted by atomic mass is 16.3. The molecule has 2 aliphatic heterocycles. The molecule has 1 N–H and O–H groups in total. The third kappa shape index (κ3) is 4.08. The Morgan fingerprint density at radius 3 is 2.40 bits per heavy atom. The van der Waals surface area contributed by atoms with Crippen molar-refractivity contribution < 1.29 is 14.7 Å². The van der Waals surface area contributed by atoms with Crippen molar-refractivity contribution in [2.75, 3.05) is 19.6 Å². The number of carbonyl (C=O) groups is 2. The lowest BCUT2D eigenvalue weighted by molar-refractivity contribution is -0.137. The molecule has 5 heteroatoms. The van der Waals surface area contributed by atoms with Gasteiger partial charge >= 0.3 is 0 Å². The van der Waals surface area contributed by atoms with Gasteiger partial charge in [-0.05, 0) is 55.4 Å². The van der Waals surface area contributed by atoms with E-state index < -0.39 is 6.23 Å². The van der Waals surface area contributed by atoms with Crippen LogP contribution >= 0.6 is 0 Å². The molecule has 3 rings (SSSR count). The van der Waals surface area contributed by atoms with Crippen LogP contribution in [0, 0.1) is 23.2 Å². The molecule has 2 heterocycles. The topological polar surface area (TPSA) is 60.9 Å². The average molecular weight is 348 g/mol. The second kappa shape index (κ2) is 7.10. The highest BCUT2D eigenvalue weighted by Crippen LogP contribution is 2.36. The summed E-state index contributed by atoms with van der Waals surface area (Å²) in [6.07, 6.45) is 7.07. The number of aliphatic hydroxyl groups is 1. The third-order valence-corrected chi connectivity index (χ3v) is 6.39. The minimum Gasteiger partial charge on any atom is -0.370 e. The largest absolute Gasteiger partial charge is 0.370 e. The van der Waals surface area contributed by atoms with Crippen molar-refractivity contribution in [3.05, 3.63) is 12.2 Å². The van der Waals surface area contributed by atoms with Gasteiger partial charge in [-0.25, -0.2) is 0 Å². The summed E-state index contributed by atoms with van der Waals surface area (Å²) in [5.41, 5.74) is 0.268. The normalized spacial score (nSPS) is 33.4. The standard InChI is InChI=1S/C20H32N2O3/c1-20(2,3)16-10-11-21(13-16)19(25)15-6-4-14(5-7-15)12-22-17(23)8-9-18(22)24/h8-9,14-17,23H,4-7,10-13H2,1-3H3. The fourth-order valence-corrected chi connectivity index (χ4v) is 4.49. The van der Waals surface area contributed by atoms with Crippen LogP contribution in [0.5, 0.6) is 0 Å². The van der Waals surface area contributed by atoms with Gasteiger partial charge in [0.1, 0.15) is 6.23 Å². The van der Waals surface area contributed by atoms with E-state index in [9.17, 15) is 14.7 Å². The SMILES string of the molecule is CC(C)(C)C1CCN(C(=O)C2CCC(CN3C(=O)C=CC3O)CC2)C1. The lowest BCUT2D eigenvalue weighted by Crippen LogP contribution is -2.41. The molecule has 25 heavy (non-hydrogen) atoms. The number of rotatable bonds is 3. The molecule has 2 amide bonds. The first kappa shape index (κ1) is 18.4. The molecule has 0 aromatic carbocycles. The molecular formula is C20H32N2O3. The van der Waals surface area contributed by atoms with E-state index in [1.807, 2.05) is 0 Å². The smallest absolute Gasteiger partial charge is 0.248 e. The minimum atomic E-state index is -0.772. The van der Waals surface area contributed by atoms with E-state index in [0.717, 1.165) is 45.2 Å². The molecule has 5 nitrogen and oxygen atoms in total. The minimum absolute atomic E-state index is 0.101. The summed E-state index contributed by atoms with van der Waals surface area (Å²) < 4.78 is 0. The predicted octanol–water partition coefficient (Wildman–Crippen LogP) is 2.40. The summed E-state index contributed by atoms with van der Waals surface area (Å²) in [6.45, 7) is 9.20. The Labute approximate surface area is 151 Å². The van der Waals surface area contributed by atoms with Gasteiger partial charge in [0.15, 0.2) is 0 Å². The van der Waals surface area contributed by atoms with E-state index in [0.29, 0.717) is 24.3 Å². The van der Waals surface area contributed by atoms with E-state index in [4.69, 9.17) is 0 Å². The molecule has 1 saturated carbocycles. The number of hydrogen-bond donors (Lipinski definition) is 1. The Balaban J connectivity index is 1.46. The van der Waals surface area contributed by atoms with Crippen molar-refractivity contribution in [2.24, 2.45) is 23.2 Å². The molecule has 0 aromatic heterocycles. The number of carbonyl (C=O) groups excluding carboxylic acids is 2. The van der Waals surface area contributed by atoms with Gasteiger partial charge in [-0.1, -0.05) is 20.8 Å². The van der Waals surface area contributed by atoms with Crippen molar-refractivity contribution in [1.82, 2.24) is 9.80 Å². The zero-order valence-corrected chi connectivity index (χ0v) is 15.8. The van der Waals surface area contributed by atoms with Crippen molar-refractivity contribution in [3.8, 4) is 0 Å². The number of amides is 2. The summed E-state index contributed by atoms with van der Waals surface area (Å²) in [7, 11) is 0. The second-order valence-electron chi connectivity index (χ2n) is 9.12. The van der Waals surface area contributed by atoms with Gasteiger partial charge in [-0.3, -0.25) is 9.59 Å².